The molecule has 0 radical (unpaired) electrons. The van der Waals surface area contributed by atoms with Crippen molar-refractivity contribution in [3.8, 4) is 17.2 Å². The van der Waals surface area contributed by atoms with Crippen molar-refractivity contribution in [3.05, 3.63) is 84.1 Å². The number of amides is 2. The lowest BCUT2D eigenvalue weighted by molar-refractivity contribution is -0.120. The maximum absolute atomic E-state index is 13.5. The first-order chi connectivity index (χ1) is 16.4. The van der Waals surface area contributed by atoms with Crippen LogP contribution in [0.15, 0.2) is 78.5 Å². The second kappa shape index (κ2) is 9.70. The van der Waals surface area contributed by atoms with Gasteiger partial charge in [-0.3, -0.25) is 9.59 Å². The van der Waals surface area contributed by atoms with Gasteiger partial charge >= 0.3 is 0 Å². The smallest absolute Gasteiger partial charge is 0.282 e. The minimum atomic E-state index is -0.441. The van der Waals surface area contributed by atoms with Crippen LogP contribution in [0.4, 0.5) is 11.4 Å². The molecular weight excluding hydrogens is 432 g/mol. The number of hydrogen-bond acceptors (Lipinski definition) is 6. The summed E-state index contributed by atoms with van der Waals surface area (Å²) in [5, 5.41) is 3.14. The third kappa shape index (κ3) is 4.45. The number of nitrogens with one attached hydrogen (secondary N) is 1. The molecule has 0 atom stereocenters. The molecule has 174 valence electrons. The Morgan fingerprint density at radius 1 is 0.794 bits per heavy atom. The maximum atomic E-state index is 13.5. The van der Waals surface area contributed by atoms with Crippen LogP contribution in [0.1, 0.15) is 19.4 Å². The summed E-state index contributed by atoms with van der Waals surface area (Å²) in [4.78, 5) is 28.2. The molecule has 1 aliphatic heterocycles. The Bertz CT molecular complexity index is 1230. The molecule has 3 aromatic carbocycles. The number of hydrogen-bond donors (Lipinski definition) is 1. The summed E-state index contributed by atoms with van der Waals surface area (Å²) < 4.78 is 16.4. The molecule has 0 saturated carbocycles. The minimum absolute atomic E-state index is 0.0237. The van der Waals surface area contributed by atoms with E-state index in [9.17, 15) is 9.59 Å². The number of ether oxygens (including phenoxy) is 3. The van der Waals surface area contributed by atoms with E-state index in [2.05, 4.69) is 5.32 Å². The minimum Gasteiger partial charge on any atom is -0.493 e. The molecule has 1 N–H and O–H groups in total. The first-order valence-electron chi connectivity index (χ1n) is 10.9. The van der Waals surface area contributed by atoms with Gasteiger partial charge in [0.2, 0.25) is 0 Å². The first kappa shape index (κ1) is 22.9. The Morgan fingerprint density at radius 2 is 1.47 bits per heavy atom. The predicted molar refractivity (Wildman–Crippen MR) is 131 cm³/mol. The van der Waals surface area contributed by atoms with Gasteiger partial charge in [-0.05, 0) is 55.8 Å². The van der Waals surface area contributed by atoms with Crippen molar-refractivity contribution in [1.82, 2.24) is 0 Å². The number of carbonyl (C=O) groups excluding carboxylic acids is 2. The highest BCUT2D eigenvalue weighted by Crippen LogP contribution is 2.36. The van der Waals surface area contributed by atoms with Crippen molar-refractivity contribution in [2.75, 3.05) is 24.4 Å². The van der Waals surface area contributed by atoms with Crippen molar-refractivity contribution in [2.45, 2.75) is 20.0 Å². The topological polar surface area (TPSA) is 77.1 Å². The number of para-hydroxylation sites is 1. The molecule has 0 bridgehead atoms. The van der Waals surface area contributed by atoms with Crippen LogP contribution in [0.5, 0.6) is 17.2 Å². The highest BCUT2D eigenvalue weighted by Gasteiger charge is 2.40. The Hall–Kier alpha value is -4.26. The molecule has 0 unspecified atom stereocenters. The van der Waals surface area contributed by atoms with E-state index in [4.69, 9.17) is 14.2 Å². The predicted octanol–water partition coefficient (Wildman–Crippen LogP) is 4.89. The Balaban J connectivity index is 1.78. The van der Waals surface area contributed by atoms with Crippen LogP contribution >= 0.6 is 0 Å². The van der Waals surface area contributed by atoms with E-state index in [-0.39, 0.29) is 17.4 Å². The first-order valence-corrected chi connectivity index (χ1v) is 10.9. The lowest BCUT2D eigenvalue weighted by Gasteiger charge is -2.15. The van der Waals surface area contributed by atoms with E-state index in [1.807, 2.05) is 19.9 Å². The fourth-order valence-electron chi connectivity index (χ4n) is 3.76. The lowest BCUT2D eigenvalue weighted by Crippen LogP contribution is -2.32. The number of nitrogens with zero attached hydrogens (tertiary/aromatic N) is 1. The van der Waals surface area contributed by atoms with Crippen molar-refractivity contribution in [3.63, 3.8) is 0 Å². The number of imide groups is 1. The van der Waals surface area contributed by atoms with Crippen LogP contribution in [0.2, 0.25) is 0 Å². The SMILES string of the molecule is COc1ccc(NC2=C(c3ccc(OC(C)C)cc3)C(=O)N(c3ccccc3)C2=O)cc1OC. The van der Waals surface area contributed by atoms with E-state index < -0.39 is 11.8 Å². The third-order valence-corrected chi connectivity index (χ3v) is 5.27. The van der Waals surface area contributed by atoms with E-state index in [0.717, 1.165) is 0 Å². The Kier molecular flexibility index (Phi) is 6.54. The number of benzene rings is 3. The van der Waals surface area contributed by atoms with Crippen LogP contribution in [-0.2, 0) is 9.59 Å². The zero-order valence-corrected chi connectivity index (χ0v) is 19.5. The Morgan fingerprint density at radius 3 is 2.09 bits per heavy atom. The van der Waals surface area contributed by atoms with Crippen molar-refractivity contribution in [1.29, 1.82) is 0 Å². The van der Waals surface area contributed by atoms with Gasteiger partial charge < -0.3 is 19.5 Å². The van der Waals surface area contributed by atoms with Crippen LogP contribution < -0.4 is 24.4 Å². The van der Waals surface area contributed by atoms with Gasteiger partial charge in [0.25, 0.3) is 11.8 Å². The van der Waals surface area contributed by atoms with Gasteiger partial charge in [-0.1, -0.05) is 30.3 Å². The highest BCUT2D eigenvalue weighted by molar-refractivity contribution is 6.46. The Labute approximate surface area is 198 Å². The summed E-state index contributed by atoms with van der Waals surface area (Å²) in [5.74, 6) is 0.898. The molecule has 0 saturated heterocycles. The molecule has 1 heterocycles. The fraction of sp³-hybridized carbons (Fsp3) is 0.185. The van der Waals surface area contributed by atoms with Crippen LogP contribution in [0, 0.1) is 0 Å². The molecular formula is C27H26N2O5. The average Bonchev–Trinajstić information content (AvgIpc) is 3.08. The van der Waals surface area contributed by atoms with Crippen LogP contribution in [-0.4, -0.2) is 32.1 Å². The van der Waals surface area contributed by atoms with Gasteiger partial charge in [0.05, 0.1) is 31.6 Å². The number of carbonyl (C=O) groups is 2. The molecule has 3 aromatic rings. The molecule has 34 heavy (non-hydrogen) atoms. The summed E-state index contributed by atoms with van der Waals surface area (Å²) >= 11 is 0. The van der Waals surface area contributed by atoms with Crippen molar-refractivity contribution < 1.29 is 23.8 Å². The van der Waals surface area contributed by atoms with E-state index in [0.29, 0.717) is 34.2 Å². The second-order valence-corrected chi connectivity index (χ2v) is 7.92. The van der Waals surface area contributed by atoms with Crippen LogP contribution in [0.3, 0.4) is 0 Å². The van der Waals surface area contributed by atoms with E-state index in [1.54, 1.807) is 73.8 Å². The molecule has 0 aliphatic carbocycles. The quantitative estimate of drug-likeness (QED) is 0.485. The molecule has 0 spiro atoms. The third-order valence-electron chi connectivity index (χ3n) is 5.27. The summed E-state index contributed by atoms with van der Waals surface area (Å²) in [6, 6.07) is 21.2. The molecule has 7 heteroatoms. The zero-order valence-electron chi connectivity index (χ0n) is 19.5. The molecule has 7 nitrogen and oxygen atoms in total. The molecule has 2 amide bonds. The molecule has 0 aromatic heterocycles. The van der Waals surface area contributed by atoms with Crippen molar-refractivity contribution >= 4 is 28.8 Å². The molecule has 1 aliphatic rings. The largest absolute Gasteiger partial charge is 0.493 e. The monoisotopic (exact) mass is 458 g/mol. The van der Waals surface area contributed by atoms with Crippen molar-refractivity contribution in [2.24, 2.45) is 0 Å². The number of rotatable bonds is 8. The number of methoxy groups -OCH3 is 2. The van der Waals surface area contributed by atoms with Gasteiger partial charge in [0.15, 0.2) is 11.5 Å². The van der Waals surface area contributed by atoms with Gasteiger partial charge in [-0.15, -0.1) is 0 Å². The summed E-state index contributed by atoms with van der Waals surface area (Å²) in [6.07, 6.45) is 0.0237. The fourth-order valence-corrected chi connectivity index (χ4v) is 3.76. The summed E-state index contributed by atoms with van der Waals surface area (Å²) in [7, 11) is 3.09. The van der Waals surface area contributed by atoms with Gasteiger partial charge in [0, 0.05) is 11.8 Å². The van der Waals surface area contributed by atoms with Crippen LogP contribution in [0.25, 0.3) is 5.57 Å². The summed E-state index contributed by atoms with van der Waals surface area (Å²) in [5.41, 5.74) is 2.15. The molecule has 0 fully saturated rings. The standard InChI is InChI=1S/C27H26N2O5/c1-17(2)34-21-13-10-18(11-14-21)24-25(28-19-12-15-22(32-3)23(16-19)33-4)27(31)29(26(24)30)20-8-6-5-7-9-20/h5-17,28H,1-4H3. The lowest BCUT2D eigenvalue weighted by atomic mass is 10.0. The number of anilines is 2. The summed E-state index contributed by atoms with van der Waals surface area (Å²) in [6.45, 7) is 3.89. The van der Waals surface area contributed by atoms with Gasteiger partial charge in [-0.25, -0.2) is 4.90 Å². The maximum Gasteiger partial charge on any atom is 0.282 e. The van der Waals surface area contributed by atoms with Gasteiger partial charge in [-0.2, -0.15) is 0 Å². The highest BCUT2D eigenvalue weighted by atomic mass is 16.5. The zero-order chi connectivity index (χ0) is 24.2. The molecule has 4 rings (SSSR count). The van der Waals surface area contributed by atoms with Gasteiger partial charge in [0.1, 0.15) is 11.4 Å². The average molecular weight is 459 g/mol. The van der Waals surface area contributed by atoms with E-state index in [1.165, 1.54) is 12.0 Å². The second-order valence-electron chi connectivity index (χ2n) is 7.92. The van der Waals surface area contributed by atoms with E-state index >= 15 is 0 Å². The normalized spacial score (nSPS) is 13.5.